The molecule has 1 atom stereocenters. The minimum absolute atomic E-state index is 0.167. The van der Waals surface area contributed by atoms with E-state index >= 15 is 0 Å². The van der Waals surface area contributed by atoms with Gasteiger partial charge in [-0.25, -0.2) is 0 Å². The summed E-state index contributed by atoms with van der Waals surface area (Å²) in [6, 6.07) is 16.3. The summed E-state index contributed by atoms with van der Waals surface area (Å²) in [7, 11) is 3.73. The van der Waals surface area contributed by atoms with Gasteiger partial charge in [0.05, 0.1) is 13.0 Å². The van der Waals surface area contributed by atoms with Gasteiger partial charge < -0.3 is 14.1 Å². The first-order valence-electron chi connectivity index (χ1n) is 8.47. The average Bonchev–Trinajstić information content (AvgIpc) is 2.92. The predicted octanol–water partition coefficient (Wildman–Crippen LogP) is 4.82. The summed E-state index contributed by atoms with van der Waals surface area (Å²) >= 11 is 1.79. The lowest BCUT2D eigenvalue weighted by Crippen LogP contribution is -2.10. The standard InChI is InChI=1S/C21H23NO2S/c1-4-25-21-18-13-17(24-3)10-11-19(18)22(2)20(21)16(14-23)12-15-8-6-5-7-9-15/h5-11,13-14,16H,4,12H2,1-3H3. The van der Waals surface area contributed by atoms with Crippen LogP contribution in [-0.2, 0) is 18.3 Å². The van der Waals surface area contributed by atoms with Crippen LogP contribution < -0.4 is 4.74 Å². The number of fused-ring (bicyclic) bond motifs is 1. The number of thioether (sulfide) groups is 1. The van der Waals surface area contributed by atoms with Crippen LogP contribution in [0.4, 0.5) is 0 Å². The molecule has 0 N–H and O–H groups in total. The van der Waals surface area contributed by atoms with Gasteiger partial charge in [-0.3, -0.25) is 0 Å². The van der Waals surface area contributed by atoms with E-state index in [0.717, 1.165) is 34.4 Å². The Kier molecular flexibility index (Phi) is 5.49. The number of hydrogen-bond acceptors (Lipinski definition) is 3. The number of carbonyl (C=O) groups excluding carboxylic acids is 1. The van der Waals surface area contributed by atoms with Crippen molar-refractivity contribution >= 4 is 29.0 Å². The molecular formula is C21H23NO2S. The Morgan fingerprint density at radius 2 is 1.96 bits per heavy atom. The highest BCUT2D eigenvalue weighted by atomic mass is 32.2. The van der Waals surface area contributed by atoms with Crippen molar-refractivity contribution < 1.29 is 9.53 Å². The van der Waals surface area contributed by atoms with Crippen LogP contribution in [0, 0.1) is 0 Å². The molecule has 0 spiro atoms. The molecule has 0 saturated carbocycles. The summed E-state index contributed by atoms with van der Waals surface area (Å²) in [4.78, 5) is 13.2. The molecule has 4 heteroatoms. The Labute approximate surface area is 153 Å². The van der Waals surface area contributed by atoms with Crippen molar-refractivity contribution in [3.63, 3.8) is 0 Å². The minimum Gasteiger partial charge on any atom is -0.497 e. The van der Waals surface area contributed by atoms with E-state index in [0.29, 0.717) is 6.42 Å². The van der Waals surface area contributed by atoms with Crippen LogP contribution in [0.15, 0.2) is 53.4 Å². The number of benzene rings is 2. The molecule has 1 unspecified atom stereocenters. The molecule has 0 aliphatic carbocycles. The molecule has 2 aromatic carbocycles. The first kappa shape index (κ1) is 17.6. The molecule has 3 nitrogen and oxygen atoms in total. The van der Waals surface area contributed by atoms with Gasteiger partial charge in [-0.1, -0.05) is 37.3 Å². The quantitative estimate of drug-likeness (QED) is 0.450. The van der Waals surface area contributed by atoms with Gasteiger partial charge in [0, 0.05) is 28.5 Å². The molecule has 0 radical (unpaired) electrons. The molecular weight excluding hydrogens is 330 g/mol. The van der Waals surface area contributed by atoms with E-state index in [4.69, 9.17) is 4.74 Å². The highest BCUT2D eigenvalue weighted by Crippen LogP contribution is 2.39. The SMILES string of the molecule is CCSc1c(C(C=O)Cc2ccccc2)n(C)c2ccc(OC)cc12. The Hall–Kier alpha value is -2.20. The van der Waals surface area contributed by atoms with Crippen LogP contribution in [-0.4, -0.2) is 23.7 Å². The Bertz CT molecular complexity index is 870. The fraction of sp³-hybridized carbons (Fsp3) is 0.286. The number of aromatic nitrogens is 1. The van der Waals surface area contributed by atoms with E-state index in [1.54, 1.807) is 18.9 Å². The molecule has 0 bridgehead atoms. The Morgan fingerprint density at radius 3 is 2.60 bits per heavy atom. The monoisotopic (exact) mass is 353 g/mol. The van der Waals surface area contributed by atoms with Gasteiger partial charge in [0.1, 0.15) is 12.0 Å². The van der Waals surface area contributed by atoms with E-state index in [1.807, 2.05) is 31.3 Å². The largest absolute Gasteiger partial charge is 0.497 e. The van der Waals surface area contributed by atoms with Gasteiger partial charge in [-0.2, -0.15) is 0 Å². The molecule has 130 valence electrons. The van der Waals surface area contributed by atoms with Crippen LogP contribution in [0.3, 0.4) is 0 Å². The van der Waals surface area contributed by atoms with Gasteiger partial charge in [0.2, 0.25) is 0 Å². The maximum Gasteiger partial charge on any atom is 0.129 e. The second-order valence-electron chi connectivity index (χ2n) is 6.02. The zero-order valence-electron chi connectivity index (χ0n) is 14.9. The lowest BCUT2D eigenvalue weighted by Gasteiger charge is -2.15. The summed E-state index contributed by atoms with van der Waals surface area (Å²) < 4.78 is 7.56. The van der Waals surface area contributed by atoms with Gasteiger partial charge in [-0.15, -0.1) is 11.8 Å². The van der Waals surface area contributed by atoms with E-state index in [9.17, 15) is 4.79 Å². The van der Waals surface area contributed by atoms with Gasteiger partial charge >= 0.3 is 0 Å². The molecule has 0 aliphatic heterocycles. The lowest BCUT2D eigenvalue weighted by molar-refractivity contribution is -0.109. The maximum absolute atomic E-state index is 12.0. The second-order valence-corrected chi connectivity index (χ2v) is 7.30. The topological polar surface area (TPSA) is 31.2 Å². The number of nitrogens with zero attached hydrogens (tertiary/aromatic N) is 1. The van der Waals surface area contributed by atoms with E-state index in [2.05, 4.69) is 35.8 Å². The lowest BCUT2D eigenvalue weighted by atomic mass is 9.97. The highest BCUT2D eigenvalue weighted by molar-refractivity contribution is 7.99. The van der Waals surface area contributed by atoms with Crippen molar-refractivity contribution in [2.75, 3.05) is 12.9 Å². The van der Waals surface area contributed by atoms with E-state index in [1.165, 1.54) is 10.5 Å². The third-order valence-electron chi connectivity index (χ3n) is 4.51. The van der Waals surface area contributed by atoms with Crippen molar-refractivity contribution in [3.05, 3.63) is 59.8 Å². The number of ether oxygens (including phenoxy) is 1. The molecule has 1 aromatic heterocycles. The van der Waals surface area contributed by atoms with Gasteiger partial charge in [0.15, 0.2) is 0 Å². The number of aryl methyl sites for hydroxylation is 1. The first-order chi connectivity index (χ1) is 12.2. The molecule has 3 rings (SSSR count). The highest BCUT2D eigenvalue weighted by Gasteiger charge is 2.23. The summed E-state index contributed by atoms with van der Waals surface area (Å²) in [5, 5.41) is 1.16. The Balaban J connectivity index is 2.13. The molecule has 0 amide bonds. The van der Waals surface area contributed by atoms with Crippen molar-refractivity contribution in [3.8, 4) is 5.75 Å². The number of methoxy groups -OCH3 is 1. The molecule has 0 saturated heterocycles. The second kappa shape index (κ2) is 7.79. The third kappa shape index (κ3) is 3.45. The van der Waals surface area contributed by atoms with Crippen LogP contribution in [0.5, 0.6) is 5.75 Å². The maximum atomic E-state index is 12.0. The van der Waals surface area contributed by atoms with Crippen molar-refractivity contribution in [2.24, 2.45) is 7.05 Å². The third-order valence-corrected chi connectivity index (χ3v) is 5.51. The molecule has 0 aliphatic rings. The van der Waals surface area contributed by atoms with Crippen LogP contribution in [0.2, 0.25) is 0 Å². The van der Waals surface area contributed by atoms with E-state index < -0.39 is 0 Å². The van der Waals surface area contributed by atoms with Crippen LogP contribution >= 0.6 is 11.8 Å². The van der Waals surface area contributed by atoms with Gasteiger partial charge in [-0.05, 0) is 35.9 Å². The number of hydrogen-bond donors (Lipinski definition) is 0. The van der Waals surface area contributed by atoms with Crippen LogP contribution in [0.25, 0.3) is 10.9 Å². The minimum atomic E-state index is -0.167. The summed E-state index contributed by atoms with van der Waals surface area (Å²) in [6.45, 7) is 2.14. The fourth-order valence-corrected chi connectivity index (χ4v) is 4.37. The number of aldehydes is 1. The zero-order chi connectivity index (χ0) is 17.8. The zero-order valence-corrected chi connectivity index (χ0v) is 15.7. The smallest absolute Gasteiger partial charge is 0.129 e. The number of carbonyl (C=O) groups is 1. The molecule has 3 aromatic rings. The Morgan fingerprint density at radius 1 is 1.20 bits per heavy atom. The molecule has 25 heavy (non-hydrogen) atoms. The molecule has 1 heterocycles. The fourth-order valence-electron chi connectivity index (χ4n) is 3.33. The summed E-state index contributed by atoms with van der Waals surface area (Å²) in [6.07, 6.45) is 1.79. The van der Waals surface area contributed by atoms with Crippen molar-refractivity contribution in [1.82, 2.24) is 4.57 Å². The predicted molar refractivity (Wildman–Crippen MR) is 105 cm³/mol. The van der Waals surface area contributed by atoms with Crippen molar-refractivity contribution in [2.45, 2.75) is 24.2 Å². The number of rotatable bonds is 7. The summed E-state index contributed by atoms with van der Waals surface area (Å²) in [5.41, 5.74) is 3.40. The molecule has 0 fully saturated rings. The summed E-state index contributed by atoms with van der Waals surface area (Å²) in [5.74, 6) is 1.63. The van der Waals surface area contributed by atoms with Gasteiger partial charge in [0.25, 0.3) is 0 Å². The normalized spacial score (nSPS) is 12.3. The van der Waals surface area contributed by atoms with Crippen molar-refractivity contribution in [1.29, 1.82) is 0 Å². The van der Waals surface area contributed by atoms with Crippen LogP contribution in [0.1, 0.15) is 24.1 Å². The average molecular weight is 353 g/mol. The van der Waals surface area contributed by atoms with E-state index in [-0.39, 0.29) is 5.92 Å². The first-order valence-corrected chi connectivity index (χ1v) is 9.46.